The van der Waals surface area contributed by atoms with Crippen LogP contribution in [0.25, 0.3) is 0 Å². The molecular formula is C12H24O6Si. The van der Waals surface area contributed by atoms with E-state index in [1.807, 2.05) is 0 Å². The van der Waals surface area contributed by atoms with E-state index in [9.17, 15) is 9.90 Å². The number of ether oxygens (including phenoxy) is 1. The Morgan fingerprint density at radius 3 is 2.16 bits per heavy atom. The monoisotopic (exact) mass is 292 g/mol. The second kappa shape index (κ2) is 9.22. The number of aliphatic hydroxyl groups excluding tert-OH is 1. The SMILES string of the molecule is C=C(C)C(=O)OCCCC(CO)[Si](OC)(OC)OC. The van der Waals surface area contributed by atoms with Crippen LogP contribution in [0, 0.1) is 0 Å². The Morgan fingerprint density at radius 2 is 1.79 bits per heavy atom. The van der Waals surface area contributed by atoms with Crippen molar-refractivity contribution in [2.45, 2.75) is 25.3 Å². The van der Waals surface area contributed by atoms with Gasteiger partial charge in [0.2, 0.25) is 0 Å². The first-order chi connectivity index (χ1) is 8.97. The normalized spacial score (nSPS) is 13.1. The second-order valence-electron chi connectivity index (χ2n) is 4.15. The summed E-state index contributed by atoms with van der Waals surface area (Å²) in [6, 6.07) is 0. The van der Waals surface area contributed by atoms with E-state index in [0.717, 1.165) is 0 Å². The molecule has 19 heavy (non-hydrogen) atoms. The zero-order valence-electron chi connectivity index (χ0n) is 12.1. The van der Waals surface area contributed by atoms with E-state index in [2.05, 4.69) is 6.58 Å². The summed E-state index contributed by atoms with van der Waals surface area (Å²) in [7, 11) is 1.65. The zero-order valence-corrected chi connectivity index (χ0v) is 13.1. The predicted molar refractivity (Wildman–Crippen MR) is 72.6 cm³/mol. The Kier molecular flexibility index (Phi) is 8.86. The molecule has 0 saturated carbocycles. The quantitative estimate of drug-likeness (QED) is 0.281. The average Bonchev–Trinajstić information content (AvgIpc) is 2.42. The molecule has 0 heterocycles. The number of carbonyl (C=O) groups excluding carboxylic acids is 1. The molecule has 0 rings (SSSR count). The summed E-state index contributed by atoms with van der Waals surface area (Å²) >= 11 is 0. The van der Waals surface area contributed by atoms with Gasteiger partial charge in [0.15, 0.2) is 0 Å². The van der Waals surface area contributed by atoms with Gasteiger partial charge in [-0.05, 0) is 19.8 Å². The molecule has 0 aromatic rings. The molecule has 0 spiro atoms. The van der Waals surface area contributed by atoms with Crippen LogP contribution in [-0.4, -0.2) is 54.4 Å². The number of hydrogen-bond donors (Lipinski definition) is 1. The maximum atomic E-state index is 11.2. The van der Waals surface area contributed by atoms with E-state index in [-0.39, 0.29) is 18.8 Å². The third-order valence-electron chi connectivity index (χ3n) is 2.85. The molecule has 0 aliphatic carbocycles. The molecule has 0 radical (unpaired) electrons. The molecule has 0 amide bonds. The molecule has 0 aromatic heterocycles. The topological polar surface area (TPSA) is 74.2 Å². The fraction of sp³-hybridized carbons (Fsp3) is 0.750. The summed E-state index contributed by atoms with van der Waals surface area (Å²) in [5.41, 5.74) is 0.129. The summed E-state index contributed by atoms with van der Waals surface area (Å²) in [5, 5.41) is 9.42. The fourth-order valence-corrected chi connectivity index (χ4v) is 4.03. The van der Waals surface area contributed by atoms with Crippen molar-refractivity contribution in [1.29, 1.82) is 0 Å². The van der Waals surface area contributed by atoms with Crippen LogP contribution in [0.3, 0.4) is 0 Å². The number of aliphatic hydroxyl groups is 1. The number of carbonyl (C=O) groups is 1. The van der Waals surface area contributed by atoms with Gasteiger partial charge in [-0.15, -0.1) is 0 Å². The van der Waals surface area contributed by atoms with Crippen molar-refractivity contribution in [3.63, 3.8) is 0 Å². The maximum Gasteiger partial charge on any atom is 0.505 e. The lowest BCUT2D eigenvalue weighted by Gasteiger charge is -2.31. The minimum Gasteiger partial charge on any atom is -0.462 e. The van der Waals surface area contributed by atoms with Gasteiger partial charge in [0.05, 0.1) is 18.8 Å². The van der Waals surface area contributed by atoms with Crippen LogP contribution in [0.15, 0.2) is 12.2 Å². The van der Waals surface area contributed by atoms with Gasteiger partial charge in [-0.1, -0.05) is 6.58 Å². The first-order valence-corrected chi connectivity index (χ1v) is 7.86. The fourth-order valence-electron chi connectivity index (χ4n) is 1.75. The highest BCUT2D eigenvalue weighted by Gasteiger charge is 2.46. The van der Waals surface area contributed by atoms with Crippen LogP contribution in [-0.2, 0) is 22.8 Å². The largest absolute Gasteiger partial charge is 0.505 e. The van der Waals surface area contributed by atoms with Crippen molar-refractivity contribution < 1.29 is 27.9 Å². The molecule has 0 fully saturated rings. The minimum atomic E-state index is -2.85. The lowest BCUT2D eigenvalue weighted by molar-refractivity contribution is -0.139. The zero-order chi connectivity index (χ0) is 14.9. The molecule has 7 heteroatoms. The second-order valence-corrected chi connectivity index (χ2v) is 7.40. The van der Waals surface area contributed by atoms with Crippen molar-refractivity contribution in [3.8, 4) is 0 Å². The van der Waals surface area contributed by atoms with Crippen LogP contribution >= 0.6 is 0 Å². The smallest absolute Gasteiger partial charge is 0.462 e. The van der Waals surface area contributed by atoms with Crippen molar-refractivity contribution in [3.05, 3.63) is 12.2 Å². The Bertz CT molecular complexity index is 282. The molecule has 1 atom stereocenters. The highest BCUT2D eigenvalue weighted by atomic mass is 28.4. The molecule has 1 unspecified atom stereocenters. The Balaban J connectivity index is 4.27. The van der Waals surface area contributed by atoms with E-state index >= 15 is 0 Å². The lowest BCUT2D eigenvalue weighted by Crippen LogP contribution is -2.49. The Hall–Kier alpha value is -0.733. The lowest BCUT2D eigenvalue weighted by atomic mass is 10.2. The van der Waals surface area contributed by atoms with Gasteiger partial charge in [-0.25, -0.2) is 4.79 Å². The highest BCUT2D eigenvalue weighted by Crippen LogP contribution is 2.28. The van der Waals surface area contributed by atoms with Gasteiger partial charge >= 0.3 is 14.8 Å². The van der Waals surface area contributed by atoms with Gasteiger partial charge in [0.25, 0.3) is 0 Å². The molecule has 0 aliphatic heterocycles. The van der Waals surface area contributed by atoms with E-state index in [1.54, 1.807) is 6.92 Å². The first-order valence-electron chi connectivity index (χ1n) is 6.06. The summed E-state index contributed by atoms with van der Waals surface area (Å²) in [4.78, 5) is 11.2. The van der Waals surface area contributed by atoms with E-state index in [4.69, 9.17) is 18.0 Å². The molecule has 6 nitrogen and oxygen atoms in total. The summed E-state index contributed by atoms with van der Waals surface area (Å²) in [5.74, 6) is -0.408. The summed E-state index contributed by atoms with van der Waals surface area (Å²) in [6.07, 6.45) is 1.18. The van der Waals surface area contributed by atoms with Gasteiger partial charge in [-0.2, -0.15) is 0 Å². The molecular weight excluding hydrogens is 268 g/mol. The van der Waals surface area contributed by atoms with Crippen molar-refractivity contribution in [1.82, 2.24) is 0 Å². The molecule has 0 saturated heterocycles. The average molecular weight is 292 g/mol. The third kappa shape index (κ3) is 5.41. The number of hydrogen-bond acceptors (Lipinski definition) is 6. The first kappa shape index (κ1) is 18.3. The van der Waals surface area contributed by atoms with Gasteiger partial charge < -0.3 is 23.1 Å². The molecule has 112 valence electrons. The van der Waals surface area contributed by atoms with E-state index in [1.165, 1.54) is 21.3 Å². The van der Waals surface area contributed by atoms with Gasteiger partial charge in [0, 0.05) is 26.9 Å². The highest BCUT2D eigenvalue weighted by molar-refractivity contribution is 6.62. The minimum absolute atomic E-state index is 0.101. The van der Waals surface area contributed by atoms with Crippen LogP contribution in [0.4, 0.5) is 0 Å². The summed E-state index contributed by atoms with van der Waals surface area (Å²) in [6.45, 7) is 5.26. The molecule has 0 aliphatic rings. The molecule has 0 bridgehead atoms. The van der Waals surface area contributed by atoms with Crippen LogP contribution in [0.2, 0.25) is 5.54 Å². The van der Waals surface area contributed by atoms with Crippen molar-refractivity contribution in [2.75, 3.05) is 34.5 Å². The van der Waals surface area contributed by atoms with E-state index < -0.39 is 14.8 Å². The van der Waals surface area contributed by atoms with Crippen molar-refractivity contribution in [2.24, 2.45) is 0 Å². The van der Waals surface area contributed by atoms with Gasteiger partial charge in [0.1, 0.15) is 0 Å². The van der Waals surface area contributed by atoms with Gasteiger partial charge in [-0.3, -0.25) is 0 Å². The number of rotatable bonds is 10. The third-order valence-corrected chi connectivity index (χ3v) is 6.03. The molecule has 0 aromatic carbocycles. The van der Waals surface area contributed by atoms with E-state index in [0.29, 0.717) is 18.4 Å². The Labute approximate surface area is 115 Å². The van der Waals surface area contributed by atoms with Crippen LogP contribution in [0.5, 0.6) is 0 Å². The molecule has 1 N–H and O–H groups in total. The Morgan fingerprint density at radius 1 is 1.26 bits per heavy atom. The maximum absolute atomic E-state index is 11.2. The summed E-state index contributed by atoms with van der Waals surface area (Å²) < 4.78 is 20.9. The predicted octanol–water partition coefficient (Wildman–Crippen LogP) is 1.13. The van der Waals surface area contributed by atoms with Crippen LogP contribution in [0.1, 0.15) is 19.8 Å². The standard InChI is InChI=1S/C12H24O6Si/c1-10(2)12(14)18-8-6-7-11(9-13)19(15-3,16-4)17-5/h11,13H,1,6-9H2,2-5H3. The van der Waals surface area contributed by atoms with Crippen molar-refractivity contribution >= 4 is 14.8 Å². The number of esters is 1. The van der Waals surface area contributed by atoms with Crippen LogP contribution < -0.4 is 0 Å².